The Morgan fingerprint density at radius 1 is 1.19 bits per heavy atom. The highest BCUT2D eigenvalue weighted by Crippen LogP contribution is 2.38. The van der Waals surface area contributed by atoms with E-state index in [1.165, 1.54) is 11.1 Å². The molecule has 0 heterocycles. The van der Waals surface area contributed by atoms with Crippen LogP contribution < -0.4 is 5.46 Å². The molecule has 1 aliphatic carbocycles. The quantitative estimate of drug-likeness (QED) is 0.842. The van der Waals surface area contributed by atoms with Crippen LogP contribution >= 0.6 is 0 Å². The number of hydrogen-bond donors (Lipinski definition) is 2. The SMILES string of the molecule is CC(C)(C)[Si](C)(C)OC1CCc2cc(B(O)O)ccc2C1. The minimum atomic E-state index is -1.72. The van der Waals surface area contributed by atoms with Crippen molar-refractivity contribution < 1.29 is 14.5 Å². The summed E-state index contributed by atoms with van der Waals surface area (Å²) in [6.45, 7) is 11.4. The molecule has 1 aromatic carbocycles. The molecule has 2 N–H and O–H groups in total. The molecule has 21 heavy (non-hydrogen) atoms. The standard InChI is InChI=1S/C16H27BO3Si/c1-16(2,3)21(4,5)20-15-9-7-12-10-14(17(18)19)8-6-13(12)11-15/h6,8,10,15,18-19H,7,9,11H2,1-5H3. The third-order valence-corrected chi connectivity index (χ3v) is 9.51. The summed E-state index contributed by atoms with van der Waals surface area (Å²) in [7, 11) is -3.10. The van der Waals surface area contributed by atoms with Crippen molar-refractivity contribution in [3.8, 4) is 0 Å². The van der Waals surface area contributed by atoms with Crippen molar-refractivity contribution >= 4 is 20.9 Å². The average Bonchev–Trinajstić information content (AvgIpc) is 2.36. The Morgan fingerprint density at radius 2 is 1.86 bits per heavy atom. The first-order valence-corrected chi connectivity index (χ1v) is 10.7. The van der Waals surface area contributed by atoms with Crippen LogP contribution in [0.5, 0.6) is 0 Å². The number of hydrogen-bond acceptors (Lipinski definition) is 3. The maximum atomic E-state index is 9.26. The molecule has 0 saturated carbocycles. The first-order chi connectivity index (χ1) is 9.60. The van der Waals surface area contributed by atoms with E-state index in [9.17, 15) is 10.0 Å². The normalized spacial score (nSPS) is 19.3. The van der Waals surface area contributed by atoms with E-state index in [1.807, 2.05) is 12.1 Å². The van der Waals surface area contributed by atoms with Gasteiger partial charge in [0.1, 0.15) is 0 Å². The number of benzene rings is 1. The predicted molar refractivity (Wildman–Crippen MR) is 90.4 cm³/mol. The van der Waals surface area contributed by atoms with Gasteiger partial charge in [0.25, 0.3) is 0 Å². The predicted octanol–water partition coefficient (Wildman–Crippen LogP) is 2.25. The van der Waals surface area contributed by atoms with Gasteiger partial charge in [0, 0.05) is 6.10 Å². The second-order valence-corrected chi connectivity index (χ2v) is 12.4. The average molecular weight is 306 g/mol. The lowest BCUT2D eigenvalue weighted by atomic mass is 9.77. The minimum absolute atomic E-state index is 0.234. The third kappa shape index (κ3) is 3.78. The zero-order valence-corrected chi connectivity index (χ0v) is 14.8. The summed E-state index contributed by atoms with van der Waals surface area (Å²) in [6, 6.07) is 5.74. The molecule has 0 amide bonds. The molecule has 1 unspecified atom stereocenters. The molecule has 1 aromatic rings. The van der Waals surface area contributed by atoms with Gasteiger partial charge in [-0.2, -0.15) is 0 Å². The van der Waals surface area contributed by atoms with Crippen LogP contribution in [0, 0.1) is 0 Å². The van der Waals surface area contributed by atoms with Crippen molar-refractivity contribution in [3.05, 3.63) is 29.3 Å². The van der Waals surface area contributed by atoms with Gasteiger partial charge in [-0.05, 0) is 54.0 Å². The van der Waals surface area contributed by atoms with Gasteiger partial charge < -0.3 is 14.5 Å². The maximum Gasteiger partial charge on any atom is 0.488 e. The molecule has 0 spiro atoms. The van der Waals surface area contributed by atoms with Crippen molar-refractivity contribution in [1.82, 2.24) is 0 Å². The van der Waals surface area contributed by atoms with E-state index in [-0.39, 0.29) is 5.04 Å². The fourth-order valence-corrected chi connectivity index (χ4v) is 3.98. The summed E-state index contributed by atoms with van der Waals surface area (Å²) < 4.78 is 6.52. The largest absolute Gasteiger partial charge is 0.488 e. The number of aryl methyl sites for hydroxylation is 1. The summed E-state index contributed by atoms with van der Waals surface area (Å²) in [6.07, 6.45) is 3.20. The van der Waals surface area contributed by atoms with Crippen LogP contribution in [0.15, 0.2) is 18.2 Å². The molecular weight excluding hydrogens is 279 g/mol. The zero-order valence-electron chi connectivity index (χ0n) is 13.8. The van der Waals surface area contributed by atoms with Crippen molar-refractivity contribution in [1.29, 1.82) is 0 Å². The van der Waals surface area contributed by atoms with E-state index in [1.54, 1.807) is 6.07 Å². The maximum absolute atomic E-state index is 9.26. The Labute approximate surface area is 129 Å². The first kappa shape index (κ1) is 16.7. The van der Waals surface area contributed by atoms with E-state index in [2.05, 4.69) is 33.9 Å². The van der Waals surface area contributed by atoms with Gasteiger partial charge in [-0.3, -0.25) is 0 Å². The molecule has 116 valence electrons. The van der Waals surface area contributed by atoms with E-state index >= 15 is 0 Å². The third-order valence-electron chi connectivity index (χ3n) is 4.98. The van der Waals surface area contributed by atoms with Crippen LogP contribution in [0.2, 0.25) is 18.1 Å². The molecule has 0 aliphatic heterocycles. The smallest absolute Gasteiger partial charge is 0.423 e. The number of fused-ring (bicyclic) bond motifs is 1. The van der Waals surface area contributed by atoms with Crippen LogP contribution in [0.3, 0.4) is 0 Å². The first-order valence-electron chi connectivity index (χ1n) is 7.76. The summed E-state index contributed by atoms with van der Waals surface area (Å²) in [4.78, 5) is 0. The molecule has 2 rings (SSSR count). The van der Waals surface area contributed by atoms with Gasteiger partial charge in [0.05, 0.1) is 0 Å². The van der Waals surface area contributed by atoms with Crippen LogP contribution in [0.4, 0.5) is 0 Å². The Balaban J connectivity index is 2.10. The molecule has 0 bridgehead atoms. The lowest BCUT2D eigenvalue weighted by molar-refractivity contribution is 0.165. The molecule has 0 fully saturated rings. The molecule has 0 saturated heterocycles. The lowest BCUT2D eigenvalue weighted by Crippen LogP contribution is -2.45. The Kier molecular flexibility index (Phi) is 4.69. The monoisotopic (exact) mass is 306 g/mol. The Morgan fingerprint density at radius 3 is 2.43 bits per heavy atom. The minimum Gasteiger partial charge on any atom is -0.423 e. The number of rotatable bonds is 3. The molecule has 0 radical (unpaired) electrons. The second-order valence-electron chi connectivity index (χ2n) is 7.64. The molecule has 1 aliphatic rings. The van der Waals surface area contributed by atoms with Crippen LogP contribution in [-0.4, -0.2) is 31.6 Å². The van der Waals surface area contributed by atoms with Crippen molar-refractivity contribution in [3.63, 3.8) is 0 Å². The summed E-state index contributed by atoms with van der Waals surface area (Å²) in [5, 5.41) is 18.7. The highest BCUT2D eigenvalue weighted by molar-refractivity contribution is 6.74. The van der Waals surface area contributed by atoms with Crippen molar-refractivity contribution in [2.75, 3.05) is 0 Å². The van der Waals surface area contributed by atoms with Crippen LogP contribution in [-0.2, 0) is 17.3 Å². The summed E-state index contributed by atoms with van der Waals surface area (Å²) in [5.41, 5.74) is 3.10. The topological polar surface area (TPSA) is 49.7 Å². The van der Waals surface area contributed by atoms with E-state index in [0.717, 1.165) is 19.3 Å². The zero-order chi connectivity index (χ0) is 15.8. The van der Waals surface area contributed by atoms with Crippen molar-refractivity contribution in [2.24, 2.45) is 0 Å². The van der Waals surface area contributed by atoms with Gasteiger partial charge in [-0.25, -0.2) is 0 Å². The lowest BCUT2D eigenvalue weighted by Gasteiger charge is -2.40. The van der Waals surface area contributed by atoms with Crippen LogP contribution in [0.25, 0.3) is 0 Å². The summed E-state index contributed by atoms with van der Waals surface area (Å²) in [5.74, 6) is 0. The van der Waals surface area contributed by atoms with Gasteiger partial charge in [-0.15, -0.1) is 0 Å². The van der Waals surface area contributed by atoms with Crippen LogP contribution in [0.1, 0.15) is 38.3 Å². The van der Waals surface area contributed by atoms with Gasteiger partial charge in [0.2, 0.25) is 0 Å². The van der Waals surface area contributed by atoms with E-state index in [4.69, 9.17) is 4.43 Å². The van der Waals surface area contributed by atoms with Gasteiger partial charge >= 0.3 is 7.12 Å². The van der Waals surface area contributed by atoms with E-state index in [0.29, 0.717) is 11.6 Å². The highest BCUT2D eigenvalue weighted by Gasteiger charge is 2.39. The Bertz CT molecular complexity index is 509. The van der Waals surface area contributed by atoms with Gasteiger partial charge in [0.15, 0.2) is 8.32 Å². The van der Waals surface area contributed by atoms with E-state index < -0.39 is 15.4 Å². The highest BCUT2D eigenvalue weighted by atomic mass is 28.4. The molecule has 5 heteroatoms. The Hall–Kier alpha value is -0.618. The summed E-state index contributed by atoms with van der Waals surface area (Å²) >= 11 is 0. The fraction of sp³-hybridized carbons (Fsp3) is 0.625. The molecule has 0 aromatic heterocycles. The molecule has 3 nitrogen and oxygen atoms in total. The molecule has 1 atom stereocenters. The fourth-order valence-electron chi connectivity index (χ4n) is 2.60. The molecular formula is C16H27BO3Si. The van der Waals surface area contributed by atoms with Crippen molar-refractivity contribution in [2.45, 2.75) is 64.3 Å². The second kappa shape index (κ2) is 5.88. The van der Waals surface area contributed by atoms with Gasteiger partial charge in [-0.1, -0.05) is 39.0 Å².